The van der Waals surface area contributed by atoms with Crippen LogP contribution >= 0.6 is 23.2 Å². The van der Waals surface area contributed by atoms with Crippen LogP contribution in [0.4, 0.5) is 5.95 Å². The van der Waals surface area contributed by atoms with Gasteiger partial charge in [0.1, 0.15) is 6.23 Å². The number of benzene rings is 1. The van der Waals surface area contributed by atoms with E-state index in [0.717, 1.165) is 29.8 Å². The molecule has 1 aromatic heterocycles. The summed E-state index contributed by atoms with van der Waals surface area (Å²) in [5.74, 6) is 0.729. The zero-order valence-corrected chi connectivity index (χ0v) is 18.0. The maximum absolute atomic E-state index is 9.29. The molecule has 2 atom stereocenters. The molecule has 0 spiro atoms. The number of aliphatic hydroxyl groups is 1. The third-order valence-corrected chi connectivity index (χ3v) is 4.45. The summed E-state index contributed by atoms with van der Waals surface area (Å²) < 4.78 is 7.92. The summed E-state index contributed by atoms with van der Waals surface area (Å²) in [4.78, 5) is 4.62. The lowest BCUT2D eigenvalue weighted by Gasteiger charge is -2.19. The Labute approximate surface area is 166 Å². The Morgan fingerprint density at radius 1 is 1.19 bits per heavy atom. The molecule has 148 valence electrons. The Morgan fingerprint density at radius 2 is 1.81 bits per heavy atom. The summed E-state index contributed by atoms with van der Waals surface area (Å²) in [5.41, 5.74) is 1.65. The molecule has 1 fully saturated rings. The van der Waals surface area contributed by atoms with Gasteiger partial charge in [0.2, 0.25) is 5.95 Å². The van der Waals surface area contributed by atoms with Crippen molar-refractivity contribution in [3.05, 3.63) is 22.2 Å². The molecule has 5 nitrogen and oxygen atoms in total. The summed E-state index contributed by atoms with van der Waals surface area (Å²) in [6.07, 6.45) is 1.35. The van der Waals surface area contributed by atoms with Crippen molar-refractivity contribution in [2.24, 2.45) is 0 Å². The van der Waals surface area contributed by atoms with Gasteiger partial charge in [-0.25, -0.2) is 4.98 Å². The van der Waals surface area contributed by atoms with Gasteiger partial charge in [0.25, 0.3) is 0 Å². The highest BCUT2D eigenvalue weighted by molar-refractivity contribution is 6.42. The molecule has 2 N–H and O–H groups in total. The van der Waals surface area contributed by atoms with Crippen molar-refractivity contribution in [3.8, 4) is 0 Å². The number of halogens is 2. The Balaban J connectivity index is 0.000000791. The maximum Gasteiger partial charge on any atom is 0.206 e. The fraction of sp³-hybridized carbons (Fsp3) is 0.632. The lowest BCUT2D eigenvalue weighted by molar-refractivity contribution is -0.0195. The van der Waals surface area contributed by atoms with E-state index in [9.17, 15) is 5.11 Å². The first-order valence-corrected chi connectivity index (χ1v) is 10.1. The van der Waals surface area contributed by atoms with Crippen molar-refractivity contribution in [2.75, 3.05) is 11.9 Å². The zero-order chi connectivity index (χ0) is 19.9. The predicted molar refractivity (Wildman–Crippen MR) is 111 cm³/mol. The second kappa shape index (κ2) is 11.0. The standard InChI is InChI=1S/C15H19Cl2N3O2.2C2H6/c1-8(2)18-15-19-12-5-10(16)11(17)6-13(12)20(15)14-4-3-9(7-21)22-14;2*1-2/h5-6,8-9,14,21H,3-4,7H2,1-2H3,(H,18,19);2*1-2H3. The first-order valence-electron chi connectivity index (χ1n) is 9.39. The van der Waals surface area contributed by atoms with Crippen LogP contribution in [0.1, 0.15) is 60.6 Å². The highest BCUT2D eigenvalue weighted by Gasteiger charge is 2.29. The van der Waals surface area contributed by atoms with E-state index >= 15 is 0 Å². The van der Waals surface area contributed by atoms with E-state index in [1.807, 2.05) is 38.3 Å². The molecular formula is C19H31Cl2N3O2. The van der Waals surface area contributed by atoms with E-state index in [2.05, 4.69) is 24.1 Å². The molecule has 3 rings (SSSR count). The lowest BCUT2D eigenvalue weighted by atomic mass is 10.2. The van der Waals surface area contributed by atoms with Crippen LogP contribution in [0.25, 0.3) is 11.0 Å². The molecule has 7 heteroatoms. The minimum Gasteiger partial charge on any atom is -0.394 e. The molecule has 2 heterocycles. The van der Waals surface area contributed by atoms with Crippen LogP contribution in [0.15, 0.2) is 12.1 Å². The molecule has 2 unspecified atom stereocenters. The van der Waals surface area contributed by atoms with Crippen molar-refractivity contribution in [2.45, 2.75) is 72.8 Å². The number of aliphatic hydroxyl groups excluding tert-OH is 1. The molecule has 2 aromatic rings. The predicted octanol–water partition coefficient (Wildman–Crippen LogP) is 5.89. The highest BCUT2D eigenvalue weighted by atomic mass is 35.5. The normalized spacial score (nSPS) is 19.0. The molecule has 0 saturated carbocycles. The van der Waals surface area contributed by atoms with Gasteiger partial charge in [0, 0.05) is 6.04 Å². The molecule has 0 radical (unpaired) electrons. The number of nitrogens with one attached hydrogen (secondary N) is 1. The molecular weight excluding hydrogens is 373 g/mol. The summed E-state index contributed by atoms with van der Waals surface area (Å²) in [5, 5.41) is 13.6. The third-order valence-electron chi connectivity index (χ3n) is 3.73. The van der Waals surface area contributed by atoms with Crippen LogP contribution in [0.3, 0.4) is 0 Å². The van der Waals surface area contributed by atoms with E-state index in [1.165, 1.54) is 0 Å². The van der Waals surface area contributed by atoms with E-state index in [0.29, 0.717) is 10.0 Å². The van der Waals surface area contributed by atoms with Crippen LogP contribution in [-0.4, -0.2) is 33.4 Å². The molecule has 1 aliphatic rings. The first-order chi connectivity index (χ1) is 12.5. The Morgan fingerprint density at radius 3 is 2.35 bits per heavy atom. The van der Waals surface area contributed by atoms with Crippen LogP contribution in [0, 0.1) is 0 Å². The molecule has 1 aromatic carbocycles. The van der Waals surface area contributed by atoms with E-state index in [1.54, 1.807) is 6.07 Å². The lowest BCUT2D eigenvalue weighted by Crippen LogP contribution is -2.19. The van der Waals surface area contributed by atoms with Gasteiger partial charge in [0.15, 0.2) is 0 Å². The van der Waals surface area contributed by atoms with Crippen LogP contribution < -0.4 is 5.32 Å². The topological polar surface area (TPSA) is 59.3 Å². The van der Waals surface area contributed by atoms with E-state index in [4.69, 9.17) is 27.9 Å². The van der Waals surface area contributed by atoms with Crippen molar-refractivity contribution in [1.29, 1.82) is 0 Å². The Hall–Kier alpha value is -1.01. The fourth-order valence-electron chi connectivity index (χ4n) is 2.75. The van der Waals surface area contributed by atoms with Gasteiger partial charge in [-0.15, -0.1) is 0 Å². The molecule has 26 heavy (non-hydrogen) atoms. The molecule has 0 bridgehead atoms. The smallest absolute Gasteiger partial charge is 0.206 e. The van der Waals surface area contributed by atoms with Gasteiger partial charge >= 0.3 is 0 Å². The van der Waals surface area contributed by atoms with Crippen LogP contribution in [0.5, 0.6) is 0 Å². The molecule has 0 aliphatic carbocycles. The van der Waals surface area contributed by atoms with Crippen LogP contribution in [-0.2, 0) is 4.74 Å². The minimum atomic E-state index is -0.166. The molecule has 0 amide bonds. The molecule has 1 saturated heterocycles. The number of anilines is 1. The Bertz CT molecular complexity index is 689. The Kier molecular flexibility index (Phi) is 9.72. The van der Waals surface area contributed by atoms with Gasteiger partial charge in [-0.1, -0.05) is 50.9 Å². The SMILES string of the molecule is CC.CC.CC(C)Nc1nc2cc(Cl)c(Cl)cc2n1C1CCC(CO)O1. The number of hydrogen-bond donors (Lipinski definition) is 2. The van der Waals surface area contributed by atoms with Crippen molar-refractivity contribution in [1.82, 2.24) is 9.55 Å². The summed E-state index contributed by atoms with van der Waals surface area (Å²) >= 11 is 12.3. The van der Waals surface area contributed by atoms with Gasteiger partial charge in [-0.3, -0.25) is 4.57 Å². The summed E-state index contributed by atoms with van der Waals surface area (Å²) in [7, 11) is 0. The van der Waals surface area contributed by atoms with Crippen molar-refractivity contribution < 1.29 is 9.84 Å². The minimum absolute atomic E-state index is 0.0304. The third kappa shape index (κ3) is 5.26. The number of rotatable bonds is 4. The van der Waals surface area contributed by atoms with Crippen molar-refractivity contribution >= 4 is 40.2 Å². The van der Waals surface area contributed by atoms with Gasteiger partial charge in [-0.2, -0.15) is 0 Å². The number of ether oxygens (including phenoxy) is 1. The second-order valence-corrected chi connectivity index (χ2v) is 6.65. The van der Waals surface area contributed by atoms with Crippen molar-refractivity contribution in [3.63, 3.8) is 0 Å². The number of imidazole rings is 1. The average Bonchev–Trinajstić information content (AvgIpc) is 3.22. The van der Waals surface area contributed by atoms with Gasteiger partial charge < -0.3 is 15.2 Å². The fourth-order valence-corrected chi connectivity index (χ4v) is 3.07. The maximum atomic E-state index is 9.29. The first kappa shape index (κ1) is 23.0. The monoisotopic (exact) mass is 403 g/mol. The highest BCUT2D eigenvalue weighted by Crippen LogP contribution is 2.36. The van der Waals surface area contributed by atoms with Gasteiger partial charge in [0.05, 0.1) is 33.8 Å². The summed E-state index contributed by atoms with van der Waals surface area (Å²) in [6, 6.07) is 3.81. The van der Waals surface area contributed by atoms with E-state index in [-0.39, 0.29) is 25.0 Å². The second-order valence-electron chi connectivity index (χ2n) is 5.83. The molecule has 1 aliphatic heterocycles. The van der Waals surface area contributed by atoms with Crippen LogP contribution in [0.2, 0.25) is 10.0 Å². The zero-order valence-electron chi connectivity index (χ0n) is 16.5. The largest absolute Gasteiger partial charge is 0.394 e. The van der Waals surface area contributed by atoms with E-state index < -0.39 is 0 Å². The number of aromatic nitrogens is 2. The number of hydrogen-bond acceptors (Lipinski definition) is 4. The number of nitrogens with zero attached hydrogens (tertiary/aromatic N) is 2. The van der Waals surface area contributed by atoms with Gasteiger partial charge in [-0.05, 0) is 38.8 Å². The quantitative estimate of drug-likeness (QED) is 0.668. The summed E-state index contributed by atoms with van der Waals surface area (Å²) in [6.45, 7) is 12.1. The average molecular weight is 404 g/mol. The number of fused-ring (bicyclic) bond motifs is 1.